The first kappa shape index (κ1) is 11.4. The first-order chi connectivity index (χ1) is 5.56. The number of carboxylic acids is 1. The second-order valence-corrected chi connectivity index (χ2v) is 3.32. The minimum Gasteiger partial charge on any atom is -0.550 e. The van der Waals surface area contributed by atoms with E-state index >= 15 is 0 Å². The number of aliphatic carboxylic acids is 1. The van der Waals surface area contributed by atoms with Crippen LogP contribution in [-0.2, 0) is 4.79 Å². The highest BCUT2D eigenvalue weighted by Gasteiger charge is 2.06. The summed E-state index contributed by atoms with van der Waals surface area (Å²) in [6.07, 6.45) is 1.53. The number of aliphatic hydroxyl groups excluding tert-OH is 1. The predicted molar refractivity (Wildman–Crippen MR) is 44.3 cm³/mol. The Morgan fingerprint density at radius 3 is 2.50 bits per heavy atom. The third kappa shape index (κ3) is 6.16. The van der Waals surface area contributed by atoms with Crippen LogP contribution in [0, 0.1) is 5.92 Å². The molecule has 0 rings (SSSR count). The van der Waals surface area contributed by atoms with Crippen molar-refractivity contribution in [2.75, 3.05) is 0 Å². The maximum atomic E-state index is 10.1. The van der Waals surface area contributed by atoms with Gasteiger partial charge in [0.2, 0.25) is 0 Å². The van der Waals surface area contributed by atoms with Crippen molar-refractivity contribution in [1.29, 1.82) is 0 Å². The average Bonchev–Trinajstić information content (AvgIpc) is 1.99. The maximum Gasteiger partial charge on any atom is 0.0592 e. The van der Waals surface area contributed by atoms with Crippen molar-refractivity contribution in [1.82, 2.24) is 0 Å². The number of hydrogen-bond acceptors (Lipinski definition) is 3. The fourth-order valence-electron chi connectivity index (χ4n) is 0.975. The Morgan fingerprint density at radius 2 is 2.08 bits per heavy atom. The van der Waals surface area contributed by atoms with Gasteiger partial charge in [0.25, 0.3) is 0 Å². The number of carboxylic acid groups (broad SMARTS) is 1. The highest BCUT2D eigenvalue weighted by atomic mass is 16.4. The number of rotatable bonds is 6. The molecule has 72 valence electrons. The quantitative estimate of drug-likeness (QED) is 0.629. The fourth-order valence-corrected chi connectivity index (χ4v) is 0.975. The van der Waals surface area contributed by atoms with Gasteiger partial charge in [-0.2, -0.15) is 0 Å². The van der Waals surface area contributed by atoms with E-state index in [2.05, 4.69) is 13.8 Å². The predicted octanol–water partition coefficient (Wildman–Crippen LogP) is 0.314. The van der Waals surface area contributed by atoms with Gasteiger partial charge in [0.1, 0.15) is 0 Å². The van der Waals surface area contributed by atoms with Crippen molar-refractivity contribution < 1.29 is 15.0 Å². The topological polar surface area (TPSA) is 60.4 Å². The van der Waals surface area contributed by atoms with Crippen molar-refractivity contribution in [3.05, 3.63) is 0 Å². The molecule has 12 heavy (non-hydrogen) atoms. The summed E-state index contributed by atoms with van der Waals surface area (Å²) in [4.78, 5) is 10.1. The first-order valence-corrected chi connectivity index (χ1v) is 4.44. The van der Waals surface area contributed by atoms with E-state index < -0.39 is 12.1 Å². The molecule has 0 bridgehead atoms. The van der Waals surface area contributed by atoms with E-state index in [0.717, 1.165) is 12.8 Å². The number of hydrogen-bond donors (Lipinski definition) is 1. The van der Waals surface area contributed by atoms with Crippen LogP contribution < -0.4 is 5.11 Å². The molecule has 0 aromatic rings. The molecule has 0 amide bonds. The monoisotopic (exact) mass is 173 g/mol. The summed E-state index contributed by atoms with van der Waals surface area (Å²) in [6.45, 7) is 4.17. The van der Waals surface area contributed by atoms with Crippen molar-refractivity contribution in [2.45, 2.75) is 45.6 Å². The molecule has 0 saturated carbocycles. The Bertz CT molecular complexity index is 134. The van der Waals surface area contributed by atoms with E-state index in [1.807, 2.05) is 0 Å². The van der Waals surface area contributed by atoms with E-state index in [4.69, 9.17) is 5.11 Å². The van der Waals surface area contributed by atoms with E-state index in [1.54, 1.807) is 0 Å². The Kier molecular flexibility index (Phi) is 5.72. The fraction of sp³-hybridized carbons (Fsp3) is 0.889. The Morgan fingerprint density at radius 1 is 1.50 bits per heavy atom. The summed E-state index contributed by atoms with van der Waals surface area (Å²) in [7, 11) is 0. The van der Waals surface area contributed by atoms with Crippen molar-refractivity contribution in [2.24, 2.45) is 5.92 Å². The standard InChI is InChI=1S/C9H18O3/c1-3-7(2)4-5-8(10)6-9(11)12/h7-8,10H,3-6H2,1-2H3,(H,11,12)/p-1. The summed E-state index contributed by atoms with van der Waals surface area (Å²) in [5.41, 5.74) is 0. The summed E-state index contributed by atoms with van der Waals surface area (Å²) in [5, 5.41) is 19.2. The van der Waals surface area contributed by atoms with Crippen LogP contribution in [0.5, 0.6) is 0 Å². The number of carbonyl (C=O) groups is 1. The minimum absolute atomic E-state index is 0.240. The van der Waals surface area contributed by atoms with Crippen LogP contribution in [0.15, 0.2) is 0 Å². The number of carbonyl (C=O) groups excluding carboxylic acids is 1. The van der Waals surface area contributed by atoms with Crippen LogP contribution in [0.2, 0.25) is 0 Å². The molecule has 2 atom stereocenters. The average molecular weight is 173 g/mol. The Hall–Kier alpha value is -0.570. The first-order valence-electron chi connectivity index (χ1n) is 4.44. The van der Waals surface area contributed by atoms with Gasteiger partial charge >= 0.3 is 0 Å². The van der Waals surface area contributed by atoms with Gasteiger partial charge in [0.15, 0.2) is 0 Å². The molecule has 0 aliphatic rings. The van der Waals surface area contributed by atoms with Gasteiger partial charge in [0.05, 0.1) is 6.10 Å². The zero-order valence-corrected chi connectivity index (χ0v) is 7.75. The zero-order chi connectivity index (χ0) is 9.56. The molecule has 0 fully saturated rings. The lowest BCUT2D eigenvalue weighted by Gasteiger charge is -2.13. The van der Waals surface area contributed by atoms with Gasteiger partial charge in [-0.25, -0.2) is 0 Å². The molecule has 0 aliphatic carbocycles. The number of aliphatic hydroxyl groups is 1. The maximum absolute atomic E-state index is 10.1. The van der Waals surface area contributed by atoms with Crippen LogP contribution in [0.4, 0.5) is 0 Å². The van der Waals surface area contributed by atoms with Gasteiger partial charge in [0, 0.05) is 12.4 Å². The summed E-state index contributed by atoms with van der Waals surface area (Å²) < 4.78 is 0. The van der Waals surface area contributed by atoms with E-state index in [9.17, 15) is 9.90 Å². The molecule has 0 aromatic carbocycles. The lowest BCUT2D eigenvalue weighted by Crippen LogP contribution is -2.27. The molecular formula is C9H17O3-. The molecule has 1 N–H and O–H groups in total. The van der Waals surface area contributed by atoms with Crippen molar-refractivity contribution in [3.63, 3.8) is 0 Å². The third-order valence-corrected chi connectivity index (χ3v) is 2.09. The van der Waals surface area contributed by atoms with Gasteiger partial charge in [-0.3, -0.25) is 0 Å². The van der Waals surface area contributed by atoms with E-state index in [-0.39, 0.29) is 6.42 Å². The van der Waals surface area contributed by atoms with Crippen LogP contribution in [0.25, 0.3) is 0 Å². The lowest BCUT2D eigenvalue weighted by atomic mass is 9.99. The lowest BCUT2D eigenvalue weighted by molar-refractivity contribution is -0.307. The van der Waals surface area contributed by atoms with Gasteiger partial charge in [-0.05, 0) is 18.8 Å². The molecule has 0 aliphatic heterocycles. The Labute approximate surface area is 73.4 Å². The van der Waals surface area contributed by atoms with Crippen LogP contribution in [-0.4, -0.2) is 17.2 Å². The van der Waals surface area contributed by atoms with Crippen molar-refractivity contribution in [3.8, 4) is 0 Å². The summed E-state index contributed by atoms with van der Waals surface area (Å²) in [6, 6.07) is 0. The smallest absolute Gasteiger partial charge is 0.0592 e. The molecule has 0 heterocycles. The molecule has 3 nitrogen and oxygen atoms in total. The zero-order valence-electron chi connectivity index (χ0n) is 7.75. The van der Waals surface area contributed by atoms with Crippen LogP contribution in [0.3, 0.4) is 0 Å². The summed E-state index contributed by atoms with van der Waals surface area (Å²) >= 11 is 0. The third-order valence-electron chi connectivity index (χ3n) is 2.09. The SMILES string of the molecule is CCC(C)CCC(O)CC(=O)[O-]. The second-order valence-electron chi connectivity index (χ2n) is 3.32. The highest BCUT2D eigenvalue weighted by Crippen LogP contribution is 2.12. The molecule has 0 radical (unpaired) electrons. The molecular weight excluding hydrogens is 156 g/mol. The van der Waals surface area contributed by atoms with E-state index in [1.165, 1.54) is 0 Å². The van der Waals surface area contributed by atoms with Gasteiger partial charge in [-0.1, -0.05) is 20.3 Å². The normalized spacial score (nSPS) is 15.6. The van der Waals surface area contributed by atoms with E-state index in [0.29, 0.717) is 12.3 Å². The molecule has 0 spiro atoms. The molecule has 0 saturated heterocycles. The second kappa shape index (κ2) is 6.00. The molecule has 3 heteroatoms. The van der Waals surface area contributed by atoms with Crippen LogP contribution >= 0.6 is 0 Å². The minimum atomic E-state index is -1.17. The summed E-state index contributed by atoms with van der Waals surface area (Å²) in [5.74, 6) is -0.618. The largest absolute Gasteiger partial charge is 0.550 e. The highest BCUT2D eigenvalue weighted by molar-refractivity contribution is 5.64. The molecule has 0 aromatic heterocycles. The van der Waals surface area contributed by atoms with Gasteiger partial charge < -0.3 is 15.0 Å². The van der Waals surface area contributed by atoms with Crippen LogP contribution in [0.1, 0.15) is 39.5 Å². The Balaban J connectivity index is 3.43. The van der Waals surface area contributed by atoms with Crippen molar-refractivity contribution >= 4 is 5.97 Å². The molecule has 2 unspecified atom stereocenters. The van der Waals surface area contributed by atoms with Gasteiger partial charge in [-0.15, -0.1) is 0 Å².